The van der Waals surface area contributed by atoms with Gasteiger partial charge in [-0.05, 0) is 30.3 Å². The largest absolute Gasteiger partial charge is 0.342 e. The van der Waals surface area contributed by atoms with Gasteiger partial charge in [-0.1, -0.05) is 18.2 Å². The number of hydrogen-bond donors (Lipinski definition) is 0. The van der Waals surface area contributed by atoms with E-state index < -0.39 is 26.8 Å². The number of rotatable bonds is 5. The van der Waals surface area contributed by atoms with E-state index >= 15 is 0 Å². The molecule has 3 amide bonds. The van der Waals surface area contributed by atoms with E-state index in [4.69, 9.17) is 0 Å². The van der Waals surface area contributed by atoms with Crippen molar-refractivity contribution < 1.29 is 27.2 Å². The first-order valence-electron chi connectivity index (χ1n) is 8.64. The maximum Gasteiger partial charge on any atom is 0.293 e. The molecule has 3 rings (SSSR count). The summed E-state index contributed by atoms with van der Waals surface area (Å²) in [5.41, 5.74) is 0.200. The van der Waals surface area contributed by atoms with Crippen LogP contribution in [0.25, 0.3) is 6.08 Å². The number of sulfone groups is 1. The third-order valence-electron chi connectivity index (χ3n) is 4.76. The fourth-order valence-corrected chi connectivity index (χ4v) is 5.72. The maximum atomic E-state index is 13.8. The Balaban J connectivity index is 1.62. The number of carbonyl (C=O) groups excluding carboxylic acids is 3. The van der Waals surface area contributed by atoms with Gasteiger partial charge >= 0.3 is 0 Å². The fraction of sp³-hybridized carbons (Fsp3) is 0.389. The molecule has 10 heteroatoms. The van der Waals surface area contributed by atoms with Crippen LogP contribution in [0.3, 0.4) is 0 Å². The van der Waals surface area contributed by atoms with E-state index in [9.17, 15) is 27.2 Å². The first-order chi connectivity index (χ1) is 13.2. The van der Waals surface area contributed by atoms with Crippen LogP contribution < -0.4 is 0 Å². The zero-order valence-corrected chi connectivity index (χ0v) is 16.8. The number of benzene rings is 1. The molecule has 7 nitrogen and oxygen atoms in total. The van der Waals surface area contributed by atoms with Gasteiger partial charge in [0, 0.05) is 31.6 Å². The lowest BCUT2D eigenvalue weighted by atomic mass is 10.2. The molecule has 0 bridgehead atoms. The highest BCUT2D eigenvalue weighted by Gasteiger charge is 2.36. The number of halogens is 1. The molecule has 1 aromatic rings. The van der Waals surface area contributed by atoms with E-state index in [0.29, 0.717) is 18.2 Å². The Morgan fingerprint density at radius 2 is 2.07 bits per heavy atom. The number of nitrogens with zero attached hydrogens (tertiary/aromatic N) is 2. The van der Waals surface area contributed by atoms with Crippen LogP contribution in [-0.2, 0) is 19.4 Å². The molecule has 1 unspecified atom stereocenters. The van der Waals surface area contributed by atoms with Crippen molar-refractivity contribution in [2.24, 2.45) is 0 Å². The molecule has 2 aliphatic heterocycles. The molecule has 0 spiro atoms. The number of hydrogen-bond acceptors (Lipinski definition) is 6. The second kappa shape index (κ2) is 8.04. The summed E-state index contributed by atoms with van der Waals surface area (Å²) < 4.78 is 36.9. The summed E-state index contributed by atoms with van der Waals surface area (Å²) in [6.07, 6.45) is 1.60. The SMILES string of the molecule is CN(C(=O)CCN1C(=O)SC(=Cc2ccccc2F)C1=O)C1CCS(=O)(=O)C1. The Bertz CT molecular complexity index is 960. The summed E-state index contributed by atoms with van der Waals surface area (Å²) in [4.78, 5) is 39.3. The molecule has 0 N–H and O–H groups in total. The van der Waals surface area contributed by atoms with Gasteiger partial charge in [0.25, 0.3) is 11.1 Å². The smallest absolute Gasteiger partial charge is 0.293 e. The molecule has 2 heterocycles. The number of carbonyl (C=O) groups is 3. The summed E-state index contributed by atoms with van der Waals surface area (Å²) >= 11 is 0.698. The molecule has 1 atom stereocenters. The van der Waals surface area contributed by atoms with Gasteiger partial charge in [-0.3, -0.25) is 19.3 Å². The molecule has 0 saturated carbocycles. The van der Waals surface area contributed by atoms with E-state index in [2.05, 4.69) is 0 Å². The van der Waals surface area contributed by atoms with E-state index in [1.165, 1.54) is 36.2 Å². The van der Waals surface area contributed by atoms with Gasteiger partial charge in [0.1, 0.15) is 5.82 Å². The van der Waals surface area contributed by atoms with E-state index in [1.807, 2.05) is 0 Å². The minimum Gasteiger partial charge on any atom is -0.342 e. The highest BCUT2D eigenvalue weighted by Crippen LogP contribution is 2.32. The van der Waals surface area contributed by atoms with Gasteiger partial charge in [0.2, 0.25) is 5.91 Å². The molecule has 0 aromatic heterocycles. The molecule has 1 aromatic carbocycles. The fourth-order valence-electron chi connectivity index (χ4n) is 3.09. The summed E-state index contributed by atoms with van der Waals surface area (Å²) in [7, 11) is -1.59. The van der Waals surface area contributed by atoms with Crippen LogP contribution in [-0.4, -0.2) is 66.4 Å². The standard InChI is InChI=1S/C18H19FN2O5S2/c1-20(13-7-9-28(25,26)11-13)16(22)6-8-21-17(23)15(27-18(21)24)10-12-4-2-3-5-14(12)19/h2-5,10,13H,6-9,11H2,1H3. The zero-order valence-electron chi connectivity index (χ0n) is 15.1. The second-order valence-corrected chi connectivity index (χ2v) is 9.89. The van der Waals surface area contributed by atoms with Crippen LogP contribution in [0.4, 0.5) is 9.18 Å². The van der Waals surface area contributed by atoms with Gasteiger partial charge in [-0.25, -0.2) is 12.8 Å². The Kier molecular flexibility index (Phi) is 5.90. The van der Waals surface area contributed by atoms with Crippen molar-refractivity contribution >= 4 is 44.7 Å². The van der Waals surface area contributed by atoms with E-state index in [-0.39, 0.29) is 46.9 Å². The first kappa shape index (κ1) is 20.5. The third kappa shape index (κ3) is 4.44. The molecule has 2 saturated heterocycles. The normalized spacial score (nSPS) is 22.9. The quantitative estimate of drug-likeness (QED) is 0.668. The summed E-state index contributed by atoms with van der Waals surface area (Å²) in [5, 5.41) is -0.522. The third-order valence-corrected chi connectivity index (χ3v) is 7.42. The number of amides is 3. The van der Waals surface area contributed by atoms with Gasteiger partial charge in [0.05, 0.1) is 16.4 Å². The van der Waals surface area contributed by atoms with Crippen LogP contribution >= 0.6 is 11.8 Å². The Hall–Kier alpha value is -2.20. The van der Waals surface area contributed by atoms with Gasteiger partial charge in [-0.15, -0.1) is 0 Å². The Morgan fingerprint density at radius 3 is 2.71 bits per heavy atom. The van der Waals surface area contributed by atoms with Crippen molar-refractivity contribution in [3.8, 4) is 0 Å². The zero-order chi connectivity index (χ0) is 20.5. The average Bonchev–Trinajstić information content (AvgIpc) is 3.13. The summed E-state index contributed by atoms with van der Waals surface area (Å²) in [5.74, 6) is -1.42. The first-order valence-corrected chi connectivity index (χ1v) is 11.3. The van der Waals surface area contributed by atoms with Crippen LogP contribution in [0.1, 0.15) is 18.4 Å². The Morgan fingerprint density at radius 1 is 1.36 bits per heavy atom. The minimum absolute atomic E-state index is 0.0548. The summed E-state index contributed by atoms with van der Waals surface area (Å²) in [6.45, 7) is -0.109. The highest BCUT2D eigenvalue weighted by atomic mass is 32.2. The number of imide groups is 1. The summed E-state index contributed by atoms with van der Waals surface area (Å²) in [6, 6.07) is 5.52. The van der Waals surface area contributed by atoms with Crippen LogP contribution in [0.15, 0.2) is 29.2 Å². The van der Waals surface area contributed by atoms with Crippen molar-refractivity contribution in [2.75, 3.05) is 25.1 Å². The average molecular weight is 426 g/mol. The van der Waals surface area contributed by atoms with Crippen LogP contribution in [0.5, 0.6) is 0 Å². The van der Waals surface area contributed by atoms with Gasteiger partial charge in [0.15, 0.2) is 9.84 Å². The molecule has 150 valence electrons. The predicted octanol–water partition coefficient (Wildman–Crippen LogP) is 1.90. The second-order valence-electron chi connectivity index (χ2n) is 6.67. The number of thioether (sulfide) groups is 1. The molecule has 2 aliphatic rings. The van der Waals surface area contributed by atoms with Crippen molar-refractivity contribution in [1.29, 1.82) is 0 Å². The van der Waals surface area contributed by atoms with Crippen molar-refractivity contribution in [2.45, 2.75) is 18.9 Å². The lowest BCUT2D eigenvalue weighted by Crippen LogP contribution is -2.40. The molecular weight excluding hydrogens is 407 g/mol. The molecular formula is C18H19FN2O5S2. The van der Waals surface area contributed by atoms with Crippen molar-refractivity contribution in [1.82, 2.24) is 9.80 Å². The van der Waals surface area contributed by atoms with Crippen LogP contribution in [0, 0.1) is 5.82 Å². The maximum absolute atomic E-state index is 13.8. The lowest BCUT2D eigenvalue weighted by molar-refractivity contribution is -0.132. The monoisotopic (exact) mass is 426 g/mol. The van der Waals surface area contributed by atoms with Gasteiger partial charge < -0.3 is 4.90 Å². The van der Waals surface area contributed by atoms with Crippen LogP contribution in [0.2, 0.25) is 0 Å². The minimum atomic E-state index is -3.12. The highest BCUT2D eigenvalue weighted by molar-refractivity contribution is 8.18. The Labute approximate surface area is 166 Å². The molecule has 28 heavy (non-hydrogen) atoms. The predicted molar refractivity (Wildman–Crippen MR) is 104 cm³/mol. The van der Waals surface area contributed by atoms with E-state index in [1.54, 1.807) is 6.07 Å². The topological polar surface area (TPSA) is 91.8 Å². The van der Waals surface area contributed by atoms with Gasteiger partial charge in [-0.2, -0.15) is 0 Å². The van der Waals surface area contributed by atoms with E-state index in [0.717, 1.165) is 4.90 Å². The van der Waals surface area contributed by atoms with Crippen molar-refractivity contribution in [3.05, 3.63) is 40.6 Å². The molecule has 2 fully saturated rings. The van der Waals surface area contributed by atoms with Crippen molar-refractivity contribution in [3.63, 3.8) is 0 Å². The molecule has 0 aliphatic carbocycles. The molecule has 0 radical (unpaired) electrons. The lowest BCUT2D eigenvalue weighted by Gasteiger charge is -2.24.